The lowest BCUT2D eigenvalue weighted by Gasteiger charge is -2.08. The molecule has 0 saturated carbocycles. The second-order valence-electron chi connectivity index (χ2n) is 4.84. The zero-order valence-electron chi connectivity index (χ0n) is 15.3. The number of aliphatic carboxylic acids is 1. The molecule has 0 aromatic carbocycles. The summed E-state index contributed by atoms with van der Waals surface area (Å²) in [5.41, 5.74) is 0. The Kier molecular flexibility index (Phi) is 22.2. The molecule has 0 aliphatic rings. The zero-order chi connectivity index (χ0) is 19.1. The number of carbonyl (C=O) groups is 1. The van der Waals surface area contributed by atoms with Gasteiger partial charge in [0.25, 0.3) is 0 Å². The maximum Gasteiger partial charge on any atom is 0.329 e. The van der Waals surface area contributed by atoms with Crippen LogP contribution in [0.25, 0.3) is 0 Å². The molecule has 0 spiro atoms. The van der Waals surface area contributed by atoms with Crippen molar-refractivity contribution >= 4 is 18.6 Å². The highest BCUT2D eigenvalue weighted by Crippen LogP contribution is 1.85. The van der Waals surface area contributed by atoms with Crippen LogP contribution >= 0.6 is 12.6 Å². The molecular formula is C16H32O9S. The van der Waals surface area contributed by atoms with Crippen LogP contribution in [-0.4, -0.2) is 109 Å². The third-order valence-corrected chi connectivity index (χ3v) is 2.88. The summed E-state index contributed by atoms with van der Waals surface area (Å²) in [4.78, 5) is 10.2. The van der Waals surface area contributed by atoms with Gasteiger partial charge in [-0.1, -0.05) is 0 Å². The van der Waals surface area contributed by atoms with Crippen molar-refractivity contribution < 1.29 is 43.1 Å². The monoisotopic (exact) mass is 400 g/mol. The summed E-state index contributed by atoms with van der Waals surface area (Å²) >= 11 is 4.04. The first kappa shape index (κ1) is 25.5. The number of thiol groups is 1. The SMILES string of the molecule is O=C(O)COCCOCCOCCOCCOCCOCCOCCS. The van der Waals surface area contributed by atoms with Crippen LogP contribution in [-0.2, 0) is 38.0 Å². The molecule has 0 saturated heterocycles. The van der Waals surface area contributed by atoms with Gasteiger partial charge in [0, 0.05) is 5.75 Å². The van der Waals surface area contributed by atoms with Crippen LogP contribution in [0.1, 0.15) is 0 Å². The minimum Gasteiger partial charge on any atom is -0.480 e. The third-order valence-electron chi connectivity index (χ3n) is 2.69. The number of rotatable bonds is 22. The zero-order valence-corrected chi connectivity index (χ0v) is 16.2. The van der Waals surface area contributed by atoms with E-state index >= 15 is 0 Å². The molecule has 0 unspecified atom stereocenters. The lowest BCUT2D eigenvalue weighted by Crippen LogP contribution is -2.15. The molecule has 0 aliphatic carbocycles. The predicted molar refractivity (Wildman–Crippen MR) is 97.2 cm³/mol. The fraction of sp³-hybridized carbons (Fsp3) is 0.938. The molecule has 0 radical (unpaired) electrons. The molecule has 0 aromatic rings. The highest BCUT2D eigenvalue weighted by molar-refractivity contribution is 7.80. The summed E-state index contributed by atoms with van der Waals surface area (Å²) in [6.07, 6.45) is 0. The van der Waals surface area contributed by atoms with E-state index in [2.05, 4.69) is 12.6 Å². The topological polar surface area (TPSA) is 102 Å². The molecule has 0 heterocycles. The van der Waals surface area contributed by atoms with E-state index in [0.717, 1.165) is 0 Å². The van der Waals surface area contributed by atoms with Gasteiger partial charge in [-0.15, -0.1) is 0 Å². The number of hydrogen-bond acceptors (Lipinski definition) is 9. The van der Waals surface area contributed by atoms with E-state index < -0.39 is 5.97 Å². The van der Waals surface area contributed by atoms with E-state index in [1.165, 1.54) is 0 Å². The number of hydrogen-bond donors (Lipinski definition) is 2. The summed E-state index contributed by atoms with van der Waals surface area (Å²) in [7, 11) is 0. The first-order valence-corrected chi connectivity index (χ1v) is 9.27. The normalized spacial score (nSPS) is 11.1. The van der Waals surface area contributed by atoms with Gasteiger partial charge in [-0.05, 0) is 0 Å². The first-order valence-electron chi connectivity index (χ1n) is 8.64. The van der Waals surface area contributed by atoms with E-state index in [1.54, 1.807) is 0 Å². The van der Waals surface area contributed by atoms with Gasteiger partial charge in [0.05, 0.1) is 85.9 Å². The fourth-order valence-corrected chi connectivity index (χ4v) is 1.67. The standard InChI is InChI=1S/C16H32O9S/c17-16(18)15-25-12-11-23-8-7-21-4-3-19-1-2-20-5-6-22-9-10-24-13-14-26/h26H,1-15H2,(H,17,18). The Bertz CT molecular complexity index is 295. The molecule has 0 rings (SSSR count). The fourth-order valence-electron chi connectivity index (χ4n) is 1.54. The average molecular weight is 400 g/mol. The van der Waals surface area contributed by atoms with Gasteiger partial charge in [0.2, 0.25) is 0 Å². The van der Waals surface area contributed by atoms with E-state index in [9.17, 15) is 4.79 Å². The van der Waals surface area contributed by atoms with Crippen LogP contribution in [0.5, 0.6) is 0 Å². The first-order chi connectivity index (χ1) is 12.8. The van der Waals surface area contributed by atoms with Gasteiger partial charge in [0.1, 0.15) is 6.61 Å². The molecule has 156 valence electrons. The van der Waals surface area contributed by atoms with Gasteiger partial charge < -0.3 is 38.3 Å². The Morgan fingerprint density at radius 2 is 0.808 bits per heavy atom. The van der Waals surface area contributed by atoms with Crippen LogP contribution in [0.2, 0.25) is 0 Å². The Labute approximate surface area is 160 Å². The van der Waals surface area contributed by atoms with Crippen molar-refractivity contribution in [2.24, 2.45) is 0 Å². The molecule has 0 atom stereocenters. The minimum absolute atomic E-state index is 0.254. The minimum atomic E-state index is -0.988. The van der Waals surface area contributed by atoms with Crippen molar-refractivity contribution in [1.29, 1.82) is 0 Å². The Morgan fingerprint density at radius 3 is 1.08 bits per heavy atom. The van der Waals surface area contributed by atoms with E-state index in [0.29, 0.717) is 85.0 Å². The molecule has 0 aromatic heterocycles. The quantitative estimate of drug-likeness (QED) is 0.194. The van der Waals surface area contributed by atoms with E-state index in [4.69, 9.17) is 38.3 Å². The van der Waals surface area contributed by atoms with Crippen LogP contribution in [0.15, 0.2) is 0 Å². The number of carboxylic acid groups (broad SMARTS) is 1. The van der Waals surface area contributed by atoms with Crippen LogP contribution in [0, 0.1) is 0 Å². The molecule has 0 aliphatic heterocycles. The van der Waals surface area contributed by atoms with Gasteiger partial charge in [-0.25, -0.2) is 4.79 Å². The molecule has 0 bridgehead atoms. The Hall–Kier alpha value is -0.460. The average Bonchev–Trinajstić information content (AvgIpc) is 2.62. The molecule has 1 N–H and O–H groups in total. The van der Waals surface area contributed by atoms with Crippen LogP contribution in [0.4, 0.5) is 0 Å². The lowest BCUT2D eigenvalue weighted by atomic mass is 10.6. The van der Waals surface area contributed by atoms with Gasteiger partial charge >= 0.3 is 5.97 Å². The second-order valence-corrected chi connectivity index (χ2v) is 5.29. The molecule has 26 heavy (non-hydrogen) atoms. The molecule has 0 fully saturated rings. The van der Waals surface area contributed by atoms with Gasteiger partial charge in [0.15, 0.2) is 0 Å². The molecular weight excluding hydrogens is 368 g/mol. The molecule has 10 heteroatoms. The number of ether oxygens (including phenoxy) is 7. The van der Waals surface area contributed by atoms with Crippen LogP contribution in [0.3, 0.4) is 0 Å². The smallest absolute Gasteiger partial charge is 0.329 e. The largest absolute Gasteiger partial charge is 0.480 e. The van der Waals surface area contributed by atoms with Crippen molar-refractivity contribution in [1.82, 2.24) is 0 Å². The summed E-state index contributed by atoms with van der Waals surface area (Å²) in [5, 5.41) is 8.36. The molecule has 0 amide bonds. The Morgan fingerprint density at radius 1 is 0.538 bits per heavy atom. The van der Waals surface area contributed by atoms with E-state index in [-0.39, 0.29) is 13.2 Å². The lowest BCUT2D eigenvalue weighted by molar-refractivity contribution is -0.142. The van der Waals surface area contributed by atoms with Crippen molar-refractivity contribution in [2.75, 3.05) is 98.2 Å². The maximum absolute atomic E-state index is 10.2. The van der Waals surface area contributed by atoms with Gasteiger partial charge in [-0.3, -0.25) is 0 Å². The highest BCUT2D eigenvalue weighted by Gasteiger charge is 1.96. The van der Waals surface area contributed by atoms with Crippen LogP contribution < -0.4 is 0 Å². The number of carboxylic acids is 1. The van der Waals surface area contributed by atoms with Crippen molar-refractivity contribution in [3.63, 3.8) is 0 Å². The maximum atomic E-state index is 10.2. The Balaban J connectivity index is 2.98. The second kappa shape index (κ2) is 22.6. The third kappa shape index (κ3) is 23.5. The van der Waals surface area contributed by atoms with Crippen molar-refractivity contribution in [2.45, 2.75) is 0 Å². The van der Waals surface area contributed by atoms with Crippen molar-refractivity contribution in [3.8, 4) is 0 Å². The summed E-state index contributed by atoms with van der Waals surface area (Å²) < 4.78 is 36.6. The van der Waals surface area contributed by atoms with Gasteiger partial charge in [-0.2, -0.15) is 12.6 Å². The summed E-state index contributed by atoms with van der Waals surface area (Å²) in [5.74, 6) is -0.272. The summed E-state index contributed by atoms with van der Waals surface area (Å²) in [6, 6.07) is 0. The predicted octanol–water partition coefficient (Wildman–Crippen LogP) is 0.117. The summed E-state index contributed by atoms with van der Waals surface area (Å²) in [6.45, 7) is 6.00. The molecule has 9 nitrogen and oxygen atoms in total. The van der Waals surface area contributed by atoms with E-state index in [1.807, 2.05) is 0 Å². The van der Waals surface area contributed by atoms with Crippen molar-refractivity contribution in [3.05, 3.63) is 0 Å². The highest BCUT2D eigenvalue weighted by atomic mass is 32.1.